The summed E-state index contributed by atoms with van der Waals surface area (Å²) < 4.78 is 2.42. The molecule has 1 aromatic heterocycles. The maximum atomic E-state index is 3.82. The zero-order valence-electron chi connectivity index (χ0n) is 18.3. The van der Waals surface area contributed by atoms with Crippen molar-refractivity contribution >= 4 is 21.8 Å². The molecule has 3 unspecified atom stereocenters. The normalized spacial score (nSPS) is 24.6. The van der Waals surface area contributed by atoms with Gasteiger partial charge in [-0.25, -0.2) is 0 Å². The van der Waals surface area contributed by atoms with Crippen molar-refractivity contribution in [2.75, 3.05) is 6.54 Å². The lowest BCUT2D eigenvalue weighted by Crippen LogP contribution is -2.41. The first kappa shape index (κ1) is 19.1. The molecule has 158 valence electrons. The molecule has 6 rings (SSSR count). The van der Waals surface area contributed by atoms with E-state index < -0.39 is 0 Å². The van der Waals surface area contributed by atoms with Crippen molar-refractivity contribution in [3.8, 4) is 5.69 Å². The van der Waals surface area contributed by atoms with Gasteiger partial charge in [-0.15, -0.1) is 0 Å². The van der Waals surface area contributed by atoms with Crippen LogP contribution in [0.2, 0.25) is 0 Å². The third kappa shape index (κ3) is 3.47. The lowest BCUT2D eigenvalue weighted by atomic mass is 9.73. The first-order valence-corrected chi connectivity index (χ1v) is 12.2. The zero-order chi connectivity index (χ0) is 20.6. The quantitative estimate of drug-likeness (QED) is 0.379. The molecule has 1 saturated heterocycles. The van der Waals surface area contributed by atoms with Crippen molar-refractivity contribution < 1.29 is 0 Å². The molecule has 31 heavy (non-hydrogen) atoms. The van der Waals surface area contributed by atoms with E-state index in [1.165, 1.54) is 84.5 Å². The Kier molecular flexibility index (Phi) is 5.04. The first-order valence-electron chi connectivity index (χ1n) is 12.2. The Hall–Kier alpha value is -2.58. The van der Waals surface area contributed by atoms with Gasteiger partial charge in [-0.05, 0) is 80.3 Å². The van der Waals surface area contributed by atoms with Crippen LogP contribution in [0.5, 0.6) is 0 Å². The zero-order valence-corrected chi connectivity index (χ0v) is 18.3. The van der Waals surface area contributed by atoms with Crippen LogP contribution in [0.25, 0.3) is 27.5 Å². The molecule has 2 aliphatic rings. The number of fused-ring (bicyclic) bond motifs is 3. The molecule has 2 heteroatoms. The van der Waals surface area contributed by atoms with E-state index in [9.17, 15) is 0 Å². The van der Waals surface area contributed by atoms with Crippen LogP contribution in [0, 0.1) is 5.92 Å². The van der Waals surface area contributed by atoms with Gasteiger partial charge in [0.15, 0.2) is 0 Å². The third-order valence-electron chi connectivity index (χ3n) is 7.84. The summed E-state index contributed by atoms with van der Waals surface area (Å²) in [6.45, 7) is 1.22. The monoisotopic (exact) mass is 408 g/mol. The summed E-state index contributed by atoms with van der Waals surface area (Å²) in [7, 11) is 0. The molecule has 1 N–H and O–H groups in total. The second-order valence-corrected chi connectivity index (χ2v) is 9.64. The molecule has 4 aromatic rings. The Morgan fingerprint density at radius 1 is 0.677 bits per heavy atom. The maximum Gasteiger partial charge on any atom is 0.0541 e. The fourth-order valence-corrected chi connectivity index (χ4v) is 6.27. The fourth-order valence-electron chi connectivity index (χ4n) is 6.27. The summed E-state index contributed by atoms with van der Waals surface area (Å²) in [6, 6.07) is 27.8. The smallest absolute Gasteiger partial charge is 0.0541 e. The van der Waals surface area contributed by atoms with Crippen LogP contribution in [0.1, 0.15) is 56.4 Å². The molecule has 2 heterocycles. The Labute approximate surface area is 185 Å². The highest BCUT2D eigenvalue weighted by molar-refractivity contribution is 6.09. The lowest BCUT2D eigenvalue weighted by Gasteiger charge is -2.37. The predicted molar refractivity (Wildman–Crippen MR) is 131 cm³/mol. The van der Waals surface area contributed by atoms with Gasteiger partial charge in [0.05, 0.1) is 11.0 Å². The maximum absolute atomic E-state index is 3.82. The lowest BCUT2D eigenvalue weighted by molar-refractivity contribution is 0.219. The van der Waals surface area contributed by atoms with Crippen molar-refractivity contribution in [2.45, 2.75) is 56.9 Å². The number of benzene rings is 3. The molecule has 0 bridgehead atoms. The molecule has 2 nitrogen and oxygen atoms in total. The Morgan fingerprint density at radius 3 is 2.06 bits per heavy atom. The van der Waals surface area contributed by atoms with Crippen molar-refractivity contribution in [3.63, 3.8) is 0 Å². The van der Waals surface area contributed by atoms with Crippen LogP contribution < -0.4 is 5.32 Å². The standard InChI is InChI=1S/C29H32N2/c1-3-13-28-25(10-1)26-11-2-4-14-29(26)31(28)24-17-15-21(16-18-24)22-8-7-9-23(20-22)27-12-5-6-19-30-27/h1-4,10-11,13-18,22-23,27,30H,5-9,12,19-20H2. The van der Waals surface area contributed by atoms with Gasteiger partial charge >= 0.3 is 0 Å². The minimum Gasteiger partial charge on any atom is -0.314 e. The number of para-hydroxylation sites is 2. The Balaban J connectivity index is 1.31. The number of aromatic nitrogens is 1. The molecule has 0 radical (unpaired) electrons. The van der Waals surface area contributed by atoms with Gasteiger partial charge in [0.25, 0.3) is 0 Å². The molecular weight excluding hydrogens is 376 g/mol. The van der Waals surface area contributed by atoms with Crippen LogP contribution >= 0.6 is 0 Å². The van der Waals surface area contributed by atoms with E-state index in [2.05, 4.69) is 82.7 Å². The van der Waals surface area contributed by atoms with Crippen LogP contribution in [-0.2, 0) is 0 Å². The van der Waals surface area contributed by atoms with Gasteiger partial charge in [-0.3, -0.25) is 0 Å². The molecule has 1 aliphatic carbocycles. The van der Waals surface area contributed by atoms with E-state index in [1.54, 1.807) is 0 Å². The van der Waals surface area contributed by atoms with Crippen LogP contribution in [0.15, 0.2) is 72.8 Å². The third-order valence-corrected chi connectivity index (χ3v) is 7.84. The second-order valence-electron chi connectivity index (χ2n) is 9.64. The largest absolute Gasteiger partial charge is 0.314 e. The summed E-state index contributed by atoms with van der Waals surface area (Å²) in [6.07, 6.45) is 9.63. The Bertz CT molecular complexity index is 1130. The van der Waals surface area contributed by atoms with E-state index >= 15 is 0 Å². The topological polar surface area (TPSA) is 17.0 Å². The number of hydrogen-bond acceptors (Lipinski definition) is 1. The first-order chi connectivity index (χ1) is 15.4. The molecule has 3 atom stereocenters. The van der Waals surface area contributed by atoms with Gasteiger partial charge in [-0.1, -0.05) is 61.4 Å². The molecule has 1 aliphatic heterocycles. The van der Waals surface area contributed by atoms with E-state index in [4.69, 9.17) is 0 Å². The van der Waals surface area contributed by atoms with Gasteiger partial charge in [-0.2, -0.15) is 0 Å². The van der Waals surface area contributed by atoms with Crippen molar-refractivity contribution in [1.82, 2.24) is 9.88 Å². The summed E-state index contributed by atoms with van der Waals surface area (Å²) in [5.41, 5.74) is 5.38. The second kappa shape index (κ2) is 8.16. The fraction of sp³-hybridized carbons (Fsp3) is 0.379. The number of nitrogens with one attached hydrogen (secondary N) is 1. The predicted octanol–water partition coefficient (Wildman–Crippen LogP) is 7.20. The number of rotatable bonds is 3. The summed E-state index contributed by atoms with van der Waals surface area (Å²) in [4.78, 5) is 0. The van der Waals surface area contributed by atoms with E-state index in [-0.39, 0.29) is 0 Å². The summed E-state index contributed by atoms with van der Waals surface area (Å²) in [5.74, 6) is 1.57. The molecular formula is C29H32N2. The van der Waals surface area contributed by atoms with E-state index in [0.717, 1.165) is 17.9 Å². The number of piperidine rings is 1. The van der Waals surface area contributed by atoms with Crippen molar-refractivity contribution in [1.29, 1.82) is 0 Å². The minimum absolute atomic E-state index is 0.717. The number of hydrogen-bond donors (Lipinski definition) is 1. The number of nitrogens with zero attached hydrogens (tertiary/aromatic N) is 1. The highest BCUT2D eigenvalue weighted by Crippen LogP contribution is 2.39. The van der Waals surface area contributed by atoms with E-state index in [0.29, 0.717) is 0 Å². The average Bonchev–Trinajstić information content (AvgIpc) is 3.19. The summed E-state index contributed by atoms with van der Waals surface area (Å²) in [5, 5.41) is 6.48. The van der Waals surface area contributed by atoms with E-state index in [1.807, 2.05) is 0 Å². The summed E-state index contributed by atoms with van der Waals surface area (Å²) >= 11 is 0. The van der Waals surface area contributed by atoms with Crippen LogP contribution in [0.3, 0.4) is 0 Å². The SMILES string of the molecule is c1ccc2c(c1)c1ccccc1n2-c1ccc(C2CCCC(C3CCCCN3)C2)cc1. The highest BCUT2D eigenvalue weighted by Gasteiger charge is 2.29. The molecule has 2 fully saturated rings. The molecule has 0 spiro atoms. The van der Waals surface area contributed by atoms with Crippen LogP contribution in [0.4, 0.5) is 0 Å². The van der Waals surface area contributed by atoms with Gasteiger partial charge in [0.1, 0.15) is 0 Å². The molecule has 0 amide bonds. The van der Waals surface area contributed by atoms with Crippen molar-refractivity contribution in [3.05, 3.63) is 78.4 Å². The minimum atomic E-state index is 0.717. The van der Waals surface area contributed by atoms with Crippen molar-refractivity contribution in [2.24, 2.45) is 5.92 Å². The van der Waals surface area contributed by atoms with Crippen LogP contribution in [-0.4, -0.2) is 17.2 Å². The highest BCUT2D eigenvalue weighted by atomic mass is 15.0. The average molecular weight is 409 g/mol. The van der Waals surface area contributed by atoms with Gasteiger partial charge in [0.2, 0.25) is 0 Å². The molecule has 1 saturated carbocycles. The van der Waals surface area contributed by atoms with Gasteiger partial charge in [0, 0.05) is 22.5 Å². The molecule has 3 aromatic carbocycles. The van der Waals surface area contributed by atoms with Gasteiger partial charge < -0.3 is 9.88 Å². The Morgan fingerprint density at radius 2 is 1.39 bits per heavy atom.